The zero-order valence-electron chi connectivity index (χ0n) is 11.4. The van der Waals surface area contributed by atoms with Crippen LogP contribution in [0.15, 0.2) is 30.3 Å². The first-order valence-corrected chi connectivity index (χ1v) is 7.90. The number of urea groups is 1. The predicted molar refractivity (Wildman–Crippen MR) is 79.0 cm³/mol. The Bertz CT molecular complexity index is 467. The molecule has 108 valence electrons. The van der Waals surface area contributed by atoms with Gasteiger partial charge in [-0.15, -0.1) is 0 Å². The highest BCUT2D eigenvalue weighted by molar-refractivity contribution is 7.98. The second kappa shape index (κ2) is 7.19. The molecule has 0 spiro atoms. The van der Waals surface area contributed by atoms with Crippen LogP contribution >= 0.6 is 11.8 Å². The van der Waals surface area contributed by atoms with E-state index < -0.39 is 0 Å². The monoisotopic (exact) mass is 294 g/mol. The average Bonchev–Trinajstić information content (AvgIpc) is 2.73. The molecular formula is C14H18N2O3S. The Hall–Kier alpha value is -1.69. The van der Waals surface area contributed by atoms with Crippen LogP contribution in [0.4, 0.5) is 4.79 Å². The molecule has 0 saturated carbocycles. The third-order valence-corrected chi connectivity index (χ3v) is 3.69. The summed E-state index contributed by atoms with van der Waals surface area (Å²) in [7, 11) is 0. The third-order valence-electron chi connectivity index (χ3n) is 3.04. The maximum absolute atomic E-state index is 12.0. The first kappa shape index (κ1) is 14.7. The molecule has 0 bridgehead atoms. The molecule has 2 rings (SSSR count). The second-order valence-corrected chi connectivity index (χ2v) is 5.42. The van der Waals surface area contributed by atoms with E-state index >= 15 is 0 Å². The van der Waals surface area contributed by atoms with E-state index in [2.05, 4.69) is 5.32 Å². The molecule has 0 aromatic heterocycles. The lowest BCUT2D eigenvalue weighted by Gasteiger charge is -2.13. The zero-order chi connectivity index (χ0) is 14.4. The van der Waals surface area contributed by atoms with Gasteiger partial charge in [0, 0.05) is 0 Å². The van der Waals surface area contributed by atoms with Crippen LogP contribution in [0.25, 0.3) is 0 Å². The average molecular weight is 294 g/mol. The summed E-state index contributed by atoms with van der Waals surface area (Å²) in [5, 5.41) is 2.71. The summed E-state index contributed by atoms with van der Waals surface area (Å²) in [6, 6.07) is 8.63. The van der Waals surface area contributed by atoms with Gasteiger partial charge in [-0.25, -0.2) is 4.79 Å². The summed E-state index contributed by atoms with van der Waals surface area (Å²) in [5.74, 6) is 1.43. The first-order valence-electron chi connectivity index (χ1n) is 6.51. The van der Waals surface area contributed by atoms with Crippen molar-refractivity contribution >= 4 is 23.7 Å². The summed E-state index contributed by atoms with van der Waals surface area (Å²) in [6.07, 6.45) is 2.65. The number of imide groups is 1. The number of para-hydroxylation sites is 1. The SMILES string of the molecule is CSCCC1NC(=O)N(CCOc2ccccc2)C1=O. The number of thioether (sulfide) groups is 1. The van der Waals surface area contributed by atoms with Gasteiger partial charge in [0.05, 0.1) is 6.54 Å². The number of hydrogen-bond donors (Lipinski definition) is 1. The topological polar surface area (TPSA) is 58.6 Å². The van der Waals surface area contributed by atoms with Crippen molar-refractivity contribution in [1.29, 1.82) is 0 Å². The van der Waals surface area contributed by atoms with Crippen molar-refractivity contribution in [3.63, 3.8) is 0 Å². The Morgan fingerprint density at radius 2 is 2.05 bits per heavy atom. The first-order chi connectivity index (χ1) is 9.72. The lowest BCUT2D eigenvalue weighted by atomic mass is 10.2. The van der Waals surface area contributed by atoms with E-state index in [1.165, 1.54) is 4.90 Å². The van der Waals surface area contributed by atoms with Gasteiger partial charge >= 0.3 is 6.03 Å². The number of hydrogen-bond acceptors (Lipinski definition) is 4. The van der Waals surface area contributed by atoms with E-state index in [0.29, 0.717) is 13.0 Å². The van der Waals surface area contributed by atoms with Gasteiger partial charge in [0.25, 0.3) is 5.91 Å². The number of benzene rings is 1. The van der Waals surface area contributed by atoms with Gasteiger partial charge in [0.15, 0.2) is 0 Å². The van der Waals surface area contributed by atoms with Crippen LogP contribution in [-0.4, -0.2) is 48.0 Å². The highest BCUT2D eigenvalue weighted by Crippen LogP contribution is 2.12. The van der Waals surface area contributed by atoms with Crippen LogP contribution in [0, 0.1) is 0 Å². The largest absolute Gasteiger partial charge is 0.492 e. The molecule has 0 radical (unpaired) electrons. The molecule has 1 aliphatic heterocycles. The van der Waals surface area contributed by atoms with E-state index in [0.717, 1.165) is 11.5 Å². The molecule has 0 aliphatic carbocycles. The number of ether oxygens (including phenoxy) is 1. The Morgan fingerprint density at radius 3 is 2.75 bits per heavy atom. The maximum atomic E-state index is 12.0. The molecule has 6 heteroatoms. The Kier molecular flexibility index (Phi) is 5.29. The lowest BCUT2D eigenvalue weighted by molar-refractivity contribution is -0.127. The molecule has 1 N–H and O–H groups in total. The van der Waals surface area contributed by atoms with Crippen LogP contribution in [0.1, 0.15) is 6.42 Å². The Labute approximate surface area is 122 Å². The van der Waals surface area contributed by atoms with Crippen LogP contribution in [0.5, 0.6) is 5.75 Å². The Balaban J connectivity index is 1.80. The van der Waals surface area contributed by atoms with Gasteiger partial charge in [-0.05, 0) is 30.6 Å². The molecule has 1 aromatic carbocycles. The van der Waals surface area contributed by atoms with Crippen molar-refractivity contribution in [2.75, 3.05) is 25.2 Å². The molecule has 1 fully saturated rings. The summed E-state index contributed by atoms with van der Waals surface area (Å²) < 4.78 is 5.50. The van der Waals surface area contributed by atoms with Gasteiger partial charge in [-0.1, -0.05) is 18.2 Å². The van der Waals surface area contributed by atoms with Crippen molar-refractivity contribution < 1.29 is 14.3 Å². The minimum absolute atomic E-state index is 0.152. The molecule has 1 heterocycles. The number of nitrogens with one attached hydrogen (secondary N) is 1. The minimum Gasteiger partial charge on any atom is -0.492 e. The second-order valence-electron chi connectivity index (χ2n) is 4.43. The van der Waals surface area contributed by atoms with Crippen molar-refractivity contribution in [2.24, 2.45) is 0 Å². The quantitative estimate of drug-likeness (QED) is 0.778. The summed E-state index contributed by atoms with van der Waals surface area (Å²) in [6.45, 7) is 0.577. The standard InChI is InChI=1S/C14H18N2O3S/c1-20-10-7-12-13(17)16(14(18)15-12)8-9-19-11-5-3-2-4-6-11/h2-6,12H,7-10H2,1H3,(H,15,18). The van der Waals surface area contributed by atoms with Gasteiger partial charge < -0.3 is 10.1 Å². The molecule has 1 aromatic rings. The number of amides is 3. The number of carbonyl (C=O) groups is 2. The van der Waals surface area contributed by atoms with Crippen molar-refractivity contribution in [1.82, 2.24) is 10.2 Å². The lowest BCUT2D eigenvalue weighted by Crippen LogP contribution is -2.35. The zero-order valence-corrected chi connectivity index (χ0v) is 12.2. The minimum atomic E-state index is -0.383. The maximum Gasteiger partial charge on any atom is 0.324 e. The molecule has 5 nitrogen and oxygen atoms in total. The van der Waals surface area contributed by atoms with E-state index in [1.54, 1.807) is 11.8 Å². The van der Waals surface area contributed by atoms with Gasteiger partial charge in [-0.3, -0.25) is 9.69 Å². The summed E-state index contributed by atoms with van der Waals surface area (Å²) in [5.41, 5.74) is 0. The molecule has 1 atom stereocenters. The van der Waals surface area contributed by atoms with Crippen LogP contribution in [0.3, 0.4) is 0 Å². The van der Waals surface area contributed by atoms with Crippen LogP contribution < -0.4 is 10.1 Å². The predicted octanol–water partition coefficient (Wildman–Crippen LogP) is 1.74. The van der Waals surface area contributed by atoms with E-state index in [-0.39, 0.29) is 24.5 Å². The highest BCUT2D eigenvalue weighted by Gasteiger charge is 2.37. The Morgan fingerprint density at radius 1 is 1.30 bits per heavy atom. The fourth-order valence-electron chi connectivity index (χ4n) is 1.99. The van der Waals surface area contributed by atoms with Crippen molar-refractivity contribution in [2.45, 2.75) is 12.5 Å². The van der Waals surface area contributed by atoms with Crippen LogP contribution in [-0.2, 0) is 4.79 Å². The highest BCUT2D eigenvalue weighted by atomic mass is 32.2. The molecular weight excluding hydrogens is 276 g/mol. The normalized spacial score (nSPS) is 18.2. The number of carbonyl (C=O) groups excluding carboxylic acids is 2. The third kappa shape index (κ3) is 3.66. The van der Waals surface area contributed by atoms with E-state index in [9.17, 15) is 9.59 Å². The molecule has 20 heavy (non-hydrogen) atoms. The van der Waals surface area contributed by atoms with Gasteiger partial charge in [0.2, 0.25) is 0 Å². The van der Waals surface area contributed by atoms with Crippen molar-refractivity contribution in [3.05, 3.63) is 30.3 Å². The van der Waals surface area contributed by atoms with E-state index in [4.69, 9.17) is 4.74 Å². The summed E-state index contributed by atoms with van der Waals surface area (Å²) >= 11 is 1.66. The van der Waals surface area contributed by atoms with Gasteiger partial charge in [-0.2, -0.15) is 11.8 Å². The van der Waals surface area contributed by atoms with E-state index in [1.807, 2.05) is 36.6 Å². The molecule has 3 amide bonds. The van der Waals surface area contributed by atoms with Gasteiger partial charge in [0.1, 0.15) is 18.4 Å². The molecule has 1 aliphatic rings. The number of nitrogens with zero attached hydrogens (tertiary/aromatic N) is 1. The molecule has 1 saturated heterocycles. The smallest absolute Gasteiger partial charge is 0.324 e. The van der Waals surface area contributed by atoms with Crippen molar-refractivity contribution in [3.8, 4) is 5.75 Å². The number of rotatable bonds is 7. The molecule has 1 unspecified atom stereocenters. The fourth-order valence-corrected chi connectivity index (χ4v) is 2.46. The fraction of sp³-hybridized carbons (Fsp3) is 0.429. The summed E-state index contributed by atoms with van der Waals surface area (Å²) in [4.78, 5) is 25.0. The van der Waals surface area contributed by atoms with Crippen LogP contribution in [0.2, 0.25) is 0 Å².